The third-order valence-corrected chi connectivity index (χ3v) is 4.58. The second-order valence-electron chi connectivity index (χ2n) is 4.78. The number of pyridine rings is 1. The maximum Gasteiger partial charge on any atom is 0.257 e. The number of halogens is 1. The van der Waals surface area contributed by atoms with Gasteiger partial charge in [0.05, 0.1) is 5.57 Å². The number of nitrogens with zero attached hydrogens (tertiary/aromatic N) is 1. The topological polar surface area (TPSA) is 42.0 Å². The van der Waals surface area contributed by atoms with E-state index in [-0.39, 0.29) is 5.91 Å². The van der Waals surface area contributed by atoms with Gasteiger partial charge in [0.2, 0.25) is 0 Å². The summed E-state index contributed by atoms with van der Waals surface area (Å²) in [6, 6.07) is 15.3. The molecule has 3 nitrogen and oxygen atoms in total. The van der Waals surface area contributed by atoms with Gasteiger partial charge in [0.15, 0.2) is 0 Å². The zero-order chi connectivity index (χ0) is 16.1. The number of thiophene rings is 1. The number of amides is 1. The van der Waals surface area contributed by atoms with Crippen LogP contribution in [0.4, 0.5) is 5.69 Å². The van der Waals surface area contributed by atoms with E-state index in [1.165, 1.54) is 0 Å². The van der Waals surface area contributed by atoms with Gasteiger partial charge < -0.3 is 5.32 Å². The van der Waals surface area contributed by atoms with Gasteiger partial charge in [-0.05, 0) is 47.4 Å². The van der Waals surface area contributed by atoms with Crippen molar-refractivity contribution < 1.29 is 4.79 Å². The van der Waals surface area contributed by atoms with Crippen LogP contribution in [-0.2, 0) is 4.79 Å². The molecule has 1 amide bonds. The van der Waals surface area contributed by atoms with Gasteiger partial charge in [0, 0.05) is 27.4 Å². The highest BCUT2D eigenvalue weighted by atomic mass is 79.9. The van der Waals surface area contributed by atoms with E-state index in [4.69, 9.17) is 0 Å². The van der Waals surface area contributed by atoms with Gasteiger partial charge in [0.25, 0.3) is 5.91 Å². The molecule has 1 N–H and O–H groups in total. The van der Waals surface area contributed by atoms with Crippen molar-refractivity contribution in [3.05, 3.63) is 81.2 Å². The van der Waals surface area contributed by atoms with E-state index >= 15 is 0 Å². The molecule has 0 aliphatic heterocycles. The Kier molecular flexibility index (Phi) is 5.00. The first-order valence-electron chi connectivity index (χ1n) is 6.95. The lowest BCUT2D eigenvalue weighted by Crippen LogP contribution is -2.13. The molecule has 0 saturated carbocycles. The normalized spacial score (nSPS) is 11.3. The zero-order valence-corrected chi connectivity index (χ0v) is 14.5. The molecule has 0 atom stereocenters. The zero-order valence-electron chi connectivity index (χ0n) is 12.1. The van der Waals surface area contributed by atoms with Crippen molar-refractivity contribution in [3.8, 4) is 0 Å². The molecule has 0 radical (unpaired) electrons. The Morgan fingerprint density at radius 3 is 2.48 bits per heavy atom. The number of aromatic nitrogens is 1. The summed E-state index contributed by atoms with van der Waals surface area (Å²) in [5.41, 5.74) is 2.34. The predicted molar refractivity (Wildman–Crippen MR) is 99.2 cm³/mol. The Balaban J connectivity index is 1.93. The van der Waals surface area contributed by atoms with Crippen LogP contribution in [0.15, 0.2) is 70.8 Å². The van der Waals surface area contributed by atoms with Crippen molar-refractivity contribution in [2.45, 2.75) is 0 Å². The van der Waals surface area contributed by atoms with Gasteiger partial charge in [-0.2, -0.15) is 0 Å². The van der Waals surface area contributed by atoms with Crippen LogP contribution in [0, 0.1) is 0 Å². The molecule has 0 aliphatic rings. The molecule has 2 heterocycles. The van der Waals surface area contributed by atoms with Crippen LogP contribution in [-0.4, -0.2) is 10.9 Å². The van der Waals surface area contributed by atoms with Crippen molar-refractivity contribution in [3.63, 3.8) is 0 Å². The molecule has 0 spiro atoms. The summed E-state index contributed by atoms with van der Waals surface area (Å²) in [5, 5.41) is 4.87. The average molecular weight is 385 g/mol. The highest BCUT2D eigenvalue weighted by Gasteiger charge is 2.13. The number of nitrogens with one attached hydrogen (secondary N) is 1. The molecule has 0 fully saturated rings. The van der Waals surface area contributed by atoms with Crippen molar-refractivity contribution in [1.29, 1.82) is 0 Å². The maximum atomic E-state index is 12.7. The lowest BCUT2D eigenvalue weighted by molar-refractivity contribution is -0.111. The van der Waals surface area contributed by atoms with E-state index in [0.29, 0.717) is 5.57 Å². The summed E-state index contributed by atoms with van der Waals surface area (Å²) in [7, 11) is 0. The van der Waals surface area contributed by atoms with Gasteiger partial charge in [-0.3, -0.25) is 9.78 Å². The molecule has 0 unspecified atom stereocenters. The molecule has 3 rings (SSSR count). The largest absolute Gasteiger partial charge is 0.322 e. The number of rotatable bonds is 4. The molecule has 5 heteroatoms. The minimum atomic E-state index is -0.137. The smallest absolute Gasteiger partial charge is 0.257 e. The third kappa shape index (κ3) is 4.15. The summed E-state index contributed by atoms with van der Waals surface area (Å²) in [6.45, 7) is 0. The third-order valence-electron chi connectivity index (χ3n) is 3.15. The predicted octanol–water partition coefficient (Wildman–Crippen LogP) is 5.08. The van der Waals surface area contributed by atoms with Gasteiger partial charge in [-0.25, -0.2) is 0 Å². The van der Waals surface area contributed by atoms with Crippen molar-refractivity contribution in [2.24, 2.45) is 0 Å². The molecule has 3 aromatic rings. The molecular formula is C18H13BrN2OS. The van der Waals surface area contributed by atoms with Crippen LogP contribution in [0.3, 0.4) is 0 Å². The summed E-state index contributed by atoms with van der Waals surface area (Å²) in [6.07, 6.45) is 5.20. The van der Waals surface area contributed by atoms with Gasteiger partial charge in [-0.15, -0.1) is 11.3 Å². The van der Waals surface area contributed by atoms with E-state index in [0.717, 1.165) is 20.6 Å². The molecule has 23 heavy (non-hydrogen) atoms. The second-order valence-corrected chi connectivity index (χ2v) is 6.64. The molecule has 0 aliphatic carbocycles. The summed E-state index contributed by atoms with van der Waals surface area (Å²) < 4.78 is 1.01. The summed E-state index contributed by atoms with van der Waals surface area (Å²) in [4.78, 5) is 17.6. The Labute approximate surface area is 146 Å². The Morgan fingerprint density at radius 2 is 1.83 bits per heavy atom. The monoisotopic (exact) mass is 384 g/mol. The highest BCUT2D eigenvalue weighted by molar-refractivity contribution is 9.10. The maximum absolute atomic E-state index is 12.7. The van der Waals surface area contributed by atoms with Crippen LogP contribution in [0.25, 0.3) is 11.6 Å². The Bertz CT molecular complexity index is 812. The molecule has 1 aromatic carbocycles. The Hall–Kier alpha value is -2.24. The summed E-state index contributed by atoms with van der Waals surface area (Å²) in [5.74, 6) is -0.137. The van der Waals surface area contributed by atoms with E-state index in [1.807, 2.05) is 47.9 Å². The molecule has 0 saturated heterocycles. The van der Waals surface area contributed by atoms with Crippen LogP contribution >= 0.6 is 27.3 Å². The SMILES string of the molecule is O=C(Nc1ccncc1)/C(=C/c1ccc(Br)cc1)c1cccs1. The van der Waals surface area contributed by atoms with Crippen molar-refractivity contribution in [2.75, 3.05) is 5.32 Å². The van der Waals surface area contributed by atoms with Crippen LogP contribution < -0.4 is 5.32 Å². The van der Waals surface area contributed by atoms with Crippen molar-refractivity contribution in [1.82, 2.24) is 4.98 Å². The lowest BCUT2D eigenvalue weighted by Gasteiger charge is -2.08. The fraction of sp³-hybridized carbons (Fsp3) is 0. The number of carbonyl (C=O) groups is 1. The van der Waals surface area contributed by atoms with Gasteiger partial charge >= 0.3 is 0 Å². The van der Waals surface area contributed by atoms with Crippen molar-refractivity contribution >= 4 is 50.5 Å². The van der Waals surface area contributed by atoms with E-state index in [1.54, 1.807) is 35.9 Å². The minimum absolute atomic E-state index is 0.137. The first-order chi connectivity index (χ1) is 11.2. The first kappa shape index (κ1) is 15.6. The van der Waals surface area contributed by atoms with Gasteiger partial charge in [0.1, 0.15) is 0 Å². The van der Waals surface area contributed by atoms with Crippen LogP contribution in [0.2, 0.25) is 0 Å². The van der Waals surface area contributed by atoms with E-state index in [2.05, 4.69) is 26.2 Å². The Morgan fingerprint density at radius 1 is 1.09 bits per heavy atom. The van der Waals surface area contributed by atoms with Crippen LogP contribution in [0.1, 0.15) is 10.4 Å². The number of carbonyl (C=O) groups excluding carboxylic acids is 1. The molecule has 2 aromatic heterocycles. The summed E-state index contributed by atoms with van der Waals surface area (Å²) >= 11 is 4.96. The number of anilines is 1. The molecule has 114 valence electrons. The number of benzene rings is 1. The quantitative estimate of drug-likeness (QED) is 0.636. The standard InChI is InChI=1S/C18H13BrN2OS/c19-14-5-3-13(4-6-14)12-16(17-2-1-11-23-17)18(22)21-15-7-9-20-10-8-15/h1-12H,(H,20,21,22)/b16-12+. The molecule has 0 bridgehead atoms. The van der Waals surface area contributed by atoms with E-state index in [9.17, 15) is 4.79 Å². The van der Waals surface area contributed by atoms with Crippen LogP contribution in [0.5, 0.6) is 0 Å². The molecular weight excluding hydrogens is 372 g/mol. The number of hydrogen-bond acceptors (Lipinski definition) is 3. The average Bonchev–Trinajstić information content (AvgIpc) is 3.09. The minimum Gasteiger partial charge on any atom is -0.322 e. The fourth-order valence-corrected chi connectivity index (χ4v) is 3.04. The van der Waals surface area contributed by atoms with Gasteiger partial charge in [-0.1, -0.05) is 34.1 Å². The fourth-order valence-electron chi connectivity index (χ4n) is 2.04. The number of hydrogen-bond donors (Lipinski definition) is 1. The first-order valence-corrected chi connectivity index (χ1v) is 8.62. The second kappa shape index (κ2) is 7.35. The lowest BCUT2D eigenvalue weighted by atomic mass is 10.1. The van der Waals surface area contributed by atoms with E-state index < -0.39 is 0 Å². The highest BCUT2D eigenvalue weighted by Crippen LogP contribution is 2.25.